The Morgan fingerprint density at radius 2 is 1.82 bits per heavy atom. The van der Waals surface area contributed by atoms with Gasteiger partial charge in [-0.2, -0.15) is 4.31 Å². The van der Waals surface area contributed by atoms with Crippen LogP contribution in [0, 0.1) is 6.92 Å². The summed E-state index contributed by atoms with van der Waals surface area (Å²) < 4.78 is 32.3. The van der Waals surface area contributed by atoms with Gasteiger partial charge < -0.3 is 4.74 Å². The quantitative estimate of drug-likeness (QED) is 0.693. The molecule has 0 amide bonds. The molecule has 1 fully saturated rings. The third-order valence-electron chi connectivity index (χ3n) is 4.84. The topological polar surface area (TPSA) is 66.9 Å². The van der Waals surface area contributed by atoms with Crippen molar-refractivity contribution >= 4 is 27.6 Å². The molecule has 1 saturated heterocycles. The van der Waals surface area contributed by atoms with Crippen LogP contribution < -0.4 is 0 Å². The summed E-state index contributed by atoms with van der Waals surface area (Å²) in [4.78, 5) is 14.1. The van der Waals surface area contributed by atoms with Crippen LogP contribution in [0.15, 0.2) is 47.4 Å². The molecular weight excluding hydrogens is 400 g/mol. The lowest BCUT2D eigenvalue weighted by molar-refractivity contribution is 0.0600. The number of piperazine rings is 1. The first-order valence-electron chi connectivity index (χ1n) is 8.97. The maximum Gasteiger partial charge on any atom is 0.337 e. The molecule has 0 N–H and O–H groups in total. The zero-order valence-electron chi connectivity index (χ0n) is 15.9. The summed E-state index contributed by atoms with van der Waals surface area (Å²) in [5.74, 6) is -0.485. The number of methoxy groups -OCH3 is 1. The van der Waals surface area contributed by atoms with Gasteiger partial charge in [0.05, 0.1) is 17.6 Å². The molecule has 150 valence electrons. The van der Waals surface area contributed by atoms with E-state index in [2.05, 4.69) is 9.64 Å². The van der Waals surface area contributed by atoms with Gasteiger partial charge in [-0.1, -0.05) is 23.7 Å². The van der Waals surface area contributed by atoms with Crippen LogP contribution in [0.4, 0.5) is 0 Å². The van der Waals surface area contributed by atoms with E-state index in [1.807, 2.05) is 24.3 Å². The van der Waals surface area contributed by atoms with Gasteiger partial charge in [-0.3, -0.25) is 4.90 Å². The Balaban J connectivity index is 1.68. The van der Waals surface area contributed by atoms with E-state index in [1.165, 1.54) is 23.5 Å². The van der Waals surface area contributed by atoms with Crippen molar-refractivity contribution in [2.45, 2.75) is 18.4 Å². The van der Waals surface area contributed by atoms with Crippen LogP contribution in [0.5, 0.6) is 0 Å². The van der Waals surface area contributed by atoms with E-state index in [-0.39, 0.29) is 4.90 Å². The predicted octanol–water partition coefficient (Wildman–Crippen LogP) is 2.94. The number of carbonyl (C=O) groups is 1. The molecule has 0 spiro atoms. The van der Waals surface area contributed by atoms with Gasteiger partial charge in [0, 0.05) is 37.7 Å². The summed E-state index contributed by atoms with van der Waals surface area (Å²) in [6, 6.07) is 12.2. The highest BCUT2D eigenvalue weighted by atomic mass is 35.5. The summed E-state index contributed by atoms with van der Waals surface area (Å²) in [6.45, 7) is 4.55. The van der Waals surface area contributed by atoms with Crippen molar-refractivity contribution in [1.82, 2.24) is 9.21 Å². The maximum atomic E-state index is 13.0. The molecule has 1 heterocycles. The highest BCUT2D eigenvalue weighted by molar-refractivity contribution is 7.89. The van der Waals surface area contributed by atoms with Crippen molar-refractivity contribution in [1.29, 1.82) is 0 Å². The number of sulfonamides is 1. The summed E-state index contributed by atoms with van der Waals surface area (Å²) in [5, 5.41) is 0.699. The molecule has 0 atom stereocenters. The highest BCUT2D eigenvalue weighted by Gasteiger charge is 2.30. The zero-order valence-corrected chi connectivity index (χ0v) is 17.5. The number of carbonyl (C=O) groups excluding carboxylic acids is 1. The molecule has 0 aliphatic carbocycles. The van der Waals surface area contributed by atoms with Crippen LogP contribution in [-0.4, -0.2) is 56.9 Å². The molecule has 3 rings (SSSR count). The fraction of sp³-hybridized carbons (Fsp3) is 0.350. The van der Waals surface area contributed by atoms with Gasteiger partial charge in [0.1, 0.15) is 0 Å². The third kappa shape index (κ3) is 4.55. The van der Waals surface area contributed by atoms with Crippen LogP contribution in [-0.2, 0) is 21.3 Å². The van der Waals surface area contributed by atoms with Crippen molar-refractivity contribution in [3.8, 4) is 0 Å². The maximum absolute atomic E-state index is 13.0. The van der Waals surface area contributed by atoms with E-state index in [9.17, 15) is 13.2 Å². The molecule has 1 aliphatic rings. The average Bonchev–Trinajstić information content (AvgIpc) is 2.67. The minimum atomic E-state index is -3.61. The number of aryl methyl sites for hydroxylation is 1. The number of halogens is 1. The largest absolute Gasteiger partial charge is 0.465 e. The first kappa shape index (κ1) is 20.8. The van der Waals surface area contributed by atoms with Crippen molar-refractivity contribution in [3.05, 3.63) is 64.2 Å². The van der Waals surface area contributed by atoms with Gasteiger partial charge >= 0.3 is 5.97 Å². The first-order chi connectivity index (χ1) is 13.3. The Labute approximate surface area is 170 Å². The Kier molecular flexibility index (Phi) is 6.40. The van der Waals surface area contributed by atoms with Gasteiger partial charge in [0.25, 0.3) is 0 Å². The van der Waals surface area contributed by atoms with Gasteiger partial charge in [0.2, 0.25) is 10.0 Å². The van der Waals surface area contributed by atoms with E-state index in [0.717, 1.165) is 12.1 Å². The molecule has 0 saturated carbocycles. The fourth-order valence-corrected chi connectivity index (χ4v) is 5.19. The predicted molar refractivity (Wildman–Crippen MR) is 108 cm³/mol. The number of ether oxygens (including phenoxy) is 1. The summed E-state index contributed by atoms with van der Waals surface area (Å²) in [6.07, 6.45) is 0. The minimum Gasteiger partial charge on any atom is -0.465 e. The van der Waals surface area contributed by atoms with Crippen LogP contribution in [0.25, 0.3) is 0 Å². The average molecular weight is 423 g/mol. The van der Waals surface area contributed by atoms with Crippen LogP contribution in [0.2, 0.25) is 5.02 Å². The molecule has 0 bridgehead atoms. The molecule has 6 nitrogen and oxygen atoms in total. The second-order valence-electron chi connectivity index (χ2n) is 6.78. The number of rotatable bonds is 5. The second-order valence-corrected chi connectivity index (χ2v) is 9.12. The number of nitrogens with zero attached hydrogens (tertiary/aromatic N) is 2. The number of benzene rings is 2. The lowest BCUT2D eigenvalue weighted by Crippen LogP contribution is -2.48. The normalized spacial score (nSPS) is 16.1. The minimum absolute atomic E-state index is 0.225. The van der Waals surface area contributed by atoms with Gasteiger partial charge in [0.15, 0.2) is 0 Å². The zero-order chi connectivity index (χ0) is 20.3. The molecule has 8 heteroatoms. The molecule has 2 aromatic carbocycles. The fourth-order valence-electron chi connectivity index (χ4n) is 3.34. The first-order valence-corrected chi connectivity index (χ1v) is 10.8. The third-order valence-corrected chi connectivity index (χ3v) is 7.13. The van der Waals surface area contributed by atoms with Gasteiger partial charge in [-0.15, -0.1) is 0 Å². The Morgan fingerprint density at radius 3 is 2.43 bits per heavy atom. The summed E-state index contributed by atoms with van der Waals surface area (Å²) in [7, 11) is -2.31. The Hall–Kier alpha value is -1.93. The van der Waals surface area contributed by atoms with E-state index >= 15 is 0 Å². The van der Waals surface area contributed by atoms with E-state index in [4.69, 9.17) is 11.6 Å². The lowest BCUT2D eigenvalue weighted by Gasteiger charge is -2.34. The molecule has 28 heavy (non-hydrogen) atoms. The smallest absolute Gasteiger partial charge is 0.337 e. The standard InChI is InChI=1S/C20H23ClN2O4S/c1-15-12-17(20(24)27-2)6-7-19(15)28(25,26)23-10-8-22(9-11-23)14-16-4-3-5-18(21)13-16/h3-7,12-13H,8-11,14H2,1-2H3. The molecule has 0 unspecified atom stereocenters. The van der Waals surface area contributed by atoms with E-state index < -0.39 is 16.0 Å². The van der Waals surface area contributed by atoms with Gasteiger partial charge in [-0.05, 0) is 48.4 Å². The van der Waals surface area contributed by atoms with Crippen molar-refractivity contribution in [3.63, 3.8) is 0 Å². The highest BCUT2D eigenvalue weighted by Crippen LogP contribution is 2.23. The summed E-state index contributed by atoms with van der Waals surface area (Å²) in [5.41, 5.74) is 1.98. The molecule has 1 aliphatic heterocycles. The lowest BCUT2D eigenvalue weighted by atomic mass is 10.1. The Morgan fingerprint density at radius 1 is 1.11 bits per heavy atom. The Bertz CT molecular complexity index is 970. The second kappa shape index (κ2) is 8.61. The van der Waals surface area contributed by atoms with Crippen LogP contribution in [0.3, 0.4) is 0 Å². The SMILES string of the molecule is COC(=O)c1ccc(S(=O)(=O)N2CCN(Cc3cccc(Cl)c3)CC2)c(C)c1. The van der Waals surface area contributed by atoms with Crippen molar-refractivity contribution in [2.75, 3.05) is 33.3 Å². The van der Waals surface area contributed by atoms with Gasteiger partial charge in [-0.25, -0.2) is 13.2 Å². The molecule has 0 radical (unpaired) electrons. The number of esters is 1. The van der Waals surface area contributed by atoms with Crippen LogP contribution >= 0.6 is 11.6 Å². The van der Waals surface area contributed by atoms with E-state index in [1.54, 1.807) is 13.0 Å². The summed E-state index contributed by atoms with van der Waals surface area (Å²) >= 11 is 6.03. The van der Waals surface area contributed by atoms with Crippen LogP contribution in [0.1, 0.15) is 21.5 Å². The van der Waals surface area contributed by atoms with E-state index in [0.29, 0.717) is 42.3 Å². The van der Waals surface area contributed by atoms with Crippen molar-refractivity contribution < 1.29 is 17.9 Å². The van der Waals surface area contributed by atoms with Crippen molar-refractivity contribution in [2.24, 2.45) is 0 Å². The molecular formula is C20H23ClN2O4S. The molecule has 2 aromatic rings. The number of hydrogen-bond acceptors (Lipinski definition) is 5. The number of hydrogen-bond donors (Lipinski definition) is 0. The molecule has 0 aromatic heterocycles. The monoisotopic (exact) mass is 422 g/mol.